The third-order valence-electron chi connectivity index (χ3n) is 5.38. The Bertz CT molecular complexity index is 623. The van der Waals surface area contributed by atoms with Crippen LogP contribution < -0.4 is 0 Å². The molecule has 1 unspecified atom stereocenters. The summed E-state index contributed by atoms with van der Waals surface area (Å²) < 4.78 is 17.8. The number of rotatable bonds is 2. The first-order valence-electron chi connectivity index (χ1n) is 7.07. The Kier molecular flexibility index (Phi) is 3.34. The van der Waals surface area contributed by atoms with Gasteiger partial charge in [0.25, 0.3) is 0 Å². The first kappa shape index (κ1) is 15.2. The van der Waals surface area contributed by atoms with Crippen molar-refractivity contribution < 1.29 is 4.57 Å². The summed E-state index contributed by atoms with van der Waals surface area (Å²) in [6, 6.07) is 0. The van der Waals surface area contributed by atoms with Crippen LogP contribution in [-0.4, -0.2) is 54.5 Å². The lowest BCUT2D eigenvalue weighted by Gasteiger charge is -2.33. The van der Waals surface area contributed by atoms with Crippen molar-refractivity contribution in [3.63, 3.8) is 0 Å². The maximum atomic E-state index is 13.5. The number of hydrogen-bond donors (Lipinski definition) is 0. The van der Waals surface area contributed by atoms with E-state index in [1.54, 1.807) is 0 Å². The Morgan fingerprint density at radius 3 is 2.20 bits per heavy atom. The van der Waals surface area contributed by atoms with E-state index < -0.39 is 13.5 Å². The van der Waals surface area contributed by atoms with Gasteiger partial charge in [-0.25, -0.2) is 0 Å². The quantitative estimate of drug-likeness (QED) is 0.572. The van der Waals surface area contributed by atoms with Gasteiger partial charge in [0.05, 0.1) is 0 Å². The lowest BCUT2D eigenvalue weighted by atomic mass is 9.85. The number of fused-ring (bicyclic) bond motifs is 5. The van der Waals surface area contributed by atoms with Crippen LogP contribution in [-0.2, 0) is 16.4 Å². The van der Waals surface area contributed by atoms with E-state index in [0.717, 1.165) is 0 Å². The van der Waals surface area contributed by atoms with Gasteiger partial charge in [-0.1, -0.05) is 29.0 Å². The van der Waals surface area contributed by atoms with Crippen LogP contribution in [0.25, 0.3) is 0 Å². The van der Waals surface area contributed by atoms with Gasteiger partial charge in [-0.3, -0.25) is 9.34 Å². The van der Waals surface area contributed by atoms with Crippen LogP contribution in [0.5, 0.6) is 0 Å². The number of allylic oxidation sites excluding steroid dienone is 3. The Morgan fingerprint density at radius 1 is 1.10 bits per heavy atom. The van der Waals surface area contributed by atoms with Crippen LogP contribution in [0.4, 0.5) is 0 Å². The van der Waals surface area contributed by atoms with Gasteiger partial charge in [0.1, 0.15) is 0 Å². The minimum atomic E-state index is -2.43. The molecule has 0 aliphatic carbocycles. The molecule has 0 aromatic heterocycles. The maximum absolute atomic E-state index is 13.5. The van der Waals surface area contributed by atoms with Gasteiger partial charge < -0.3 is 4.57 Å². The molecule has 20 heavy (non-hydrogen) atoms. The highest BCUT2D eigenvalue weighted by Crippen LogP contribution is 2.82. The van der Waals surface area contributed by atoms with Gasteiger partial charge in [0.15, 0.2) is 7.29 Å². The van der Waals surface area contributed by atoms with Crippen molar-refractivity contribution in [3.8, 4) is 0 Å². The van der Waals surface area contributed by atoms with Gasteiger partial charge >= 0.3 is 0 Å². The van der Waals surface area contributed by atoms with E-state index in [1.807, 2.05) is 18.8 Å². The molecule has 0 aromatic rings. The van der Waals surface area contributed by atoms with Gasteiger partial charge in [-0.2, -0.15) is 0 Å². The first-order chi connectivity index (χ1) is 9.15. The molecule has 0 saturated carbocycles. The molecule has 3 heterocycles. The van der Waals surface area contributed by atoms with Crippen LogP contribution in [0.3, 0.4) is 0 Å². The van der Waals surface area contributed by atoms with E-state index in [2.05, 4.69) is 44.5 Å². The Morgan fingerprint density at radius 2 is 1.70 bits per heavy atom. The molecule has 6 atom stereocenters. The standard InChI is InChI=1S/C14H24N2OP2S/c1-9-7-11-14-12(13(9)19(11,20)16(5)6)10(2)8-18(14,17)15(3)4/h7-8,11-14H,1-6H3/t11-,12-,13+,14+,18-,19?/m0/s1. The van der Waals surface area contributed by atoms with E-state index in [1.165, 1.54) is 11.1 Å². The highest BCUT2D eigenvalue weighted by Gasteiger charge is 2.66. The first-order valence-corrected chi connectivity index (χ1v) is 11.8. The normalized spacial score (nSPS) is 49.8. The summed E-state index contributed by atoms with van der Waals surface area (Å²) in [6.45, 7) is 4.38. The van der Waals surface area contributed by atoms with E-state index in [0.29, 0.717) is 17.2 Å². The van der Waals surface area contributed by atoms with Crippen molar-refractivity contribution >= 4 is 25.3 Å². The van der Waals surface area contributed by atoms with E-state index in [-0.39, 0.29) is 5.66 Å². The molecule has 3 nitrogen and oxygen atoms in total. The second-order valence-electron chi connectivity index (χ2n) is 6.77. The molecule has 3 aliphatic heterocycles. The summed E-state index contributed by atoms with van der Waals surface area (Å²) in [7, 11) is 5.71. The Hall–Kier alpha value is 0.280. The van der Waals surface area contributed by atoms with E-state index in [9.17, 15) is 4.57 Å². The molecule has 0 radical (unpaired) electrons. The van der Waals surface area contributed by atoms with Gasteiger partial charge in [0, 0.05) is 29.1 Å². The number of hydrogen-bond acceptors (Lipinski definition) is 2. The Balaban J connectivity index is 2.20. The molecule has 1 fully saturated rings. The molecule has 0 amide bonds. The minimum absolute atomic E-state index is 0.222. The summed E-state index contributed by atoms with van der Waals surface area (Å²) in [5.74, 6) is 2.48. The van der Waals surface area contributed by atoms with Crippen molar-refractivity contribution in [1.29, 1.82) is 0 Å². The molecule has 3 rings (SSSR count). The third kappa shape index (κ3) is 1.55. The van der Waals surface area contributed by atoms with Gasteiger partial charge in [0.2, 0.25) is 0 Å². The van der Waals surface area contributed by atoms with Crippen molar-refractivity contribution in [2.75, 3.05) is 28.2 Å². The number of nitrogens with zero attached hydrogens (tertiary/aromatic N) is 2. The topological polar surface area (TPSA) is 23.6 Å². The monoisotopic (exact) mass is 330 g/mol. The fourth-order valence-corrected chi connectivity index (χ4v) is 14.7. The largest absolute Gasteiger partial charge is 0.302 e. The molecule has 3 aliphatic rings. The van der Waals surface area contributed by atoms with Crippen molar-refractivity contribution in [2.24, 2.45) is 5.92 Å². The second kappa shape index (κ2) is 4.40. The summed E-state index contributed by atoms with van der Waals surface area (Å²) >= 11 is 6.19. The lowest BCUT2D eigenvalue weighted by molar-refractivity contribution is 0.493. The van der Waals surface area contributed by atoms with Gasteiger partial charge in [-0.15, -0.1) is 0 Å². The molecule has 112 valence electrons. The fraction of sp³-hybridized carbons (Fsp3) is 0.714. The highest BCUT2D eigenvalue weighted by molar-refractivity contribution is 8.14. The smallest absolute Gasteiger partial charge is 0.175 e. The molecular formula is C14H24N2OP2S. The molecular weight excluding hydrogens is 306 g/mol. The third-order valence-corrected chi connectivity index (χ3v) is 15.6. The molecule has 0 aromatic carbocycles. The summed E-state index contributed by atoms with van der Waals surface area (Å²) in [5.41, 5.74) is 3.73. The predicted molar refractivity (Wildman–Crippen MR) is 91.6 cm³/mol. The zero-order chi connectivity index (χ0) is 15.0. The lowest BCUT2D eigenvalue weighted by Crippen LogP contribution is -2.31. The second-order valence-corrected chi connectivity index (χ2v) is 14.8. The van der Waals surface area contributed by atoms with Crippen molar-refractivity contribution in [3.05, 3.63) is 23.0 Å². The molecule has 0 N–H and O–H groups in total. The fourth-order valence-electron chi connectivity index (χ4n) is 4.51. The maximum Gasteiger partial charge on any atom is 0.175 e. The minimum Gasteiger partial charge on any atom is -0.302 e. The van der Waals surface area contributed by atoms with Crippen molar-refractivity contribution in [2.45, 2.75) is 30.8 Å². The van der Waals surface area contributed by atoms with E-state index in [4.69, 9.17) is 11.8 Å². The van der Waals surface area contributed by atoms with Crippen LogP contribution in [0.15, 0.2) is 23.0 Å². The average Bonchev–Trinajstić information content (AvgIpc) is 2.85. The predicted octanol–water partition coefficient (Wildman–Crippen LogP) is 3.40. The molecule has 6 heteroatoms. The van der Waals surface area contributed by atoms with E-state index >= 15 is 0 Å². The highest BCUT2D eigenvalue weighted by atomic mass is 32.4. The zero-order valence-corrected chi connectivity index (χ0v) is 15.7. The molecule has 2 bridgehead atoms. The summed E-state index contributed by atoms with van der Waals surface area (Å²) in [6.07, 6.45) is 0.687. The molecule has 0 spiro atoms. The van der Waals surface area contributed by atoms with Crippen LogP contribution in [0, 0.1) is 5.92 Å². The van der Waals surface area contributed by atoms with Crippen molar-refractivity contribution in [1.82, 2.24) is 9.34 Å². The zero-order valence-electron chi connectivity index (χ0n) is 13.1. The van der Waals surface area contributed by atoms with Crippen LogP contribution in [0.2, 0.25) is 0 Å². The SMILES string of the molecule is CC1=C[P@@](=O)(N(C)C)[C@H]2[C@@H]1[C@H]1C(C)=C[C@@H]2P1(=S)N(C)C. The van der Waals surface area contributed by atoms with Crippen LogP contribution in [0.1, 0.15) is 13.8 Å². The average molecular weight is 330 g/mol. The van der Waals surface area contributed by atoms with Crippen LogP contribution >= 0.6 is 13.5 Å². The van der Waals surface area contributed by atoms with Gasteiger partial charge in [-0.05, 0) is 47.9 Å². The molecule has 1 saturated heterocycles. The summed E-state index contributed by atoms with van der Waals surface area (Å²) in [4.78, 5) is 0. The summed E-state index contributed by atoms with van der Waals surface area (Å²) in [5, 5.41) is 0. The Labute approximate surface area is 127 Å².